The van der Waals surface area contributed by atoms with Crippen molar-refractivity contribution < 1.29 is 23.6 Å². The summed E-state index contributed by atoms with van der Waals surface area (Å²) in [5.41, 5.74) is 1.53. The van der Waals surface area contributed by atoms with E-state index < -0.39 is 23.1 Å². The lowest BCUT2D eigenvalue weighted by molar-refractivity contribution is -0.119. The van der Waals surface area contributed by atoms with E-state index in [2.05, 4.69) is 16.0 Å². The molecule has 2 heterocycles. The van der Waals surface area contributed by atoms with Gasteiger partial charge in [-0.25, -0.2) is 9.18 Å². The van der Waals surface area contributed by atoms with Gasteiger partial charge in [0.15, 0.2) is 0 Å². The molecule has 3 rings (SSSR count). The Morgan fingerprint density at radius 1 is 1.08 bits per heavy atom. The van der Waals surface area contributed by atoms with Crippen molar-refractivity contribution in [3.8, 4) is 0 Å². The van der Waals surface area contributed by atoms with Crippen molar-refractivity contribution in [3.63, 3.8) is 0 Å². The first-order valence-electron chi connectivity index (χ1n) is 12.0. The molecule has 194 valence electrons. The van der Waals surface area contributed by atoms with Crippen molar-refractivity contribution in [1.82, 2.24) is 20.1 Å². The normalized spacial score (nSPS) is 14.8. The van der Waals surface area contributed by atoms with Crippen LogP contribution in [0.1, 0.15) is 64.4 Å². The summed E-state index contributed by atoms with van der Waals surface area (Å²) in [4.78, 5) is 53.0. The Labute approximate surface area is 210 Å². The highest BCUT2D eigenvalue weighted by atomic mass is 19.1. The number of urea groups is 1. The number of nitrogens with zero attached hydrogens (tertiary/aromatic N) is 2. The number of halogens is 1. The summed E-state index contributed by atoms with van der Waals surface area (Å²) < 4.78 is 15.1. The molecule has 36 heavy (non-hydrogen) atoms. The smallest absolute Gasteiger partial charge is 0.317 e. The number of rotatable bonds is 6. The molecule has 0 aliphatic carbocycles. The summed E-state index contributed by atoms with van der Waals surface area (Å²) in [6.07, 6.45) is 1.03. The lowest BCUT2D eigenvalue weighted by Crippen LogP contribution is -2.56. The second-order valence-corrected chi connectivity index (χ2v) is 9.58. The molecule has 0 atom stereocenters. The van der Waals surface area contributed by atoms with Crippen LogP contribution in [0.5, 0.6) is 0 Å². The Bertz CT molecular complexity index is 1210. The summed E-state index contributed by atoms with van der Waals surface area (Å²) in [6.45, 7) is 10.1. The van der Waals surface area contributed by atoms with Crippen LogP contribution in [0.15, 0.2) is 18.2 Å². The third-order valence-corrected chi connectivity index (χ3v) is 6.89. The Hall–Kier alpha value is -3.69. The summed E-state index contributed by atoms with van der Waals surface area (Å²) in [6, 6.07) is 4.12. The zero-order valence-corrected chi connectivity index (χ0v) is 21.7. The molecule has 10 heteroatoms. The van der Waals surface area contributed by atoms with Crippen LogP contribution in [0, 0.1) is 26.6 Å². The van der Waals surface area contributed by atoms with Crippen molar-refractivity contribution in [2.75, 3.05) is 25.0 Å². The molecule has 1 aliphatic rings. The first kappa shape index (κ1) is 26.9. The zero-order chi connectivity index (χ0) is 26.8. The summed E-state index contributed by atoms with van der Waals surface area (Å²) in [5.74, 6) is -2.31. The van der Waals surface area contributed by atoms with Gasteiger partial charge in [0.1, 0.15) is 5.82 Å². The largest absolute Gasteiger partial charge is 0.344 e. The van der Waals surface area contributed by atoms with Crippen molar-refractivity contribution in [2.45, 2.75) is 53.0 Å². The number of benzene rings is 1. The van der Waals surface area contributed by atoms with Crippen molar-refractivity contribution >= 4 is 29.3 Å². The van der Waals surface area contributed by atoms with E-state index in [4.69, 9.17) is 0 Å². The summed E-state index contributed by atoms with van der Waals surface area (Å²) >= 11 is 0. The van der Waals surface area contributed by atoms with Crippen LogP contribution in [0.25, 0.3) is 0 Å². The van der Waals surface area contributed by atoms with Crippen molar-refractivity contribution in [1.29, 1.82) is 0 Å². The fourth-order valence-corrected chi connectivity index (χ4v) is 4.58. The van der Waals surface area contributed by atoms with Crippen LogP contribution < -0.4 is 16.0 Å². The minimum absolute atomic E-state index is 0.133. The van der Waals surface area contributed by atoms with Gasteiger partial charge in [-0.05, 0) is 76.8 Å². The highest BCUT2D eigenvalue weighted by Gasteiger charge is 2.36. The number of ketones is 1. The van der Waals surface area contributed by atoms with Gasteiger partial charge in [-0.15, -0.1) is 0 Å². The maximum Gasteiger partial charge on any atom is 0.317 e. The van der Waals surface area contributed by atoms with Gasteiger partial charge < -0.3 is 25.4 Å². The number of nitrogens with one attached hydrogen (secondary N) is 3. The number of piperidine rings is 1. The monoisotopic (exact) mass is 499 g/mol. The molecule has 4 amide bonds. The van der Waals surface area contributed by atoms with Gasteiger partial charge in [0.2, 0.25) is 0 Å². The van der Waals surface area contributed by atoms with E-state index >= 15 is 0 Å². The number of anilines is 1. The molecule has 0 bridgehead atoms. The molecular formula is C26H34FN5O4. The highest BCUT2D eigenvalue weighted by Crippen LogP contribution is 2.25. The molecule has 0 saturated carbocycles. The highest BCUT2D eigenvalue weighted by molar-refractivity contribution is 6.43. The Morgan fingerprint density at radius 2 is 1.72 bits per heavy atom. The number of amides is 4. The summed E-state index contributed by atoms with van der Waals surface area (Å²) in [5, 5.41) is 8.36. The predicted octanol–water partition coefficient (Wildman–Crippen LogP) is 3.22. The van der Waals surface area contributed by atoms with Crippen molar-refractivity contribution in [3.05, 3.63) is 52.1 Å². The zero-order valence-electron chi connectivity index (χ0n) is 21.7. The second-order valence-electron chi connectivity index (χ2n) is 9.58. The number of likely N-dealkylation sites (tertiary alicyclic amines) is 1. The van der Waals surface area contributed by atoms with Gasteiger partial charge in [-0.2, -0.15) is 0 Å². The van der Waals surface area contributed by atoms with E-state index in [9.17, 15) is 23.6 Å². The molecule has 0 unspecified atom stereocenters. The molecule has 0 spiro atoms. The van der Waals surface area contributed by atoms with Crippen LogP contribution in [0.4, 0.5) is 14.9 Å². The van der Waals surface area contributed by atoms with Crippen LogP contribution in [0.2, 0.25) is 0 Å². The van der Waals surface area contributed by atoms with Gasteiger partial charge in [-0.3, -0.25) is 14.4 Å². The standard InChI is InChI=1S/C26H34FN5O4/c1-7-28-25(36)32-12-10-26(5,11-13-32)30-24(35)22(33)21-16(3)20(17(4)31(21)6)23(34)29-18-8-9-19(27)15(2)14-18/h8-9,14H,7,10-13H2,1-6H3,(H,28,36)(H,29,34)(H,30,35). The van der Waals surface area contributed by atoms with E-state index in [0.717, 1.165) is 0 Å². The topological polar surface area (TPSA) is 113 Å². The van der Waals surface area contributed by atoms with Gasteiger partial charge in [0.25, 0.3) is 17.6 Å². The third-order valence-electron chi connectivity index (χ3n) is 6.89. The molecule has 1 saturated heterocycles. The summed E-state index contributed by atoms with van der Waals surface area (Å²) in [7, 11) is 1.63. The Kier molecular flexibility index (Phi) is 7.86. The third kappa shape index (κ3) is 5.42. The van der Waals surface area contributed by atoms with Crippen LogP contribution in [-0.4, -0.2) is 58.3 Å². The van der Waals surface area contributed by atoms with E-state index in [0.29, 0.717) is 55.0 Å². The van der Waals surface area contributed by atoms with E-state index in [1.54, 1.807) is 37.3 Å². The number of carbonyl (C=O) groups is 4. The van der Waals surface area contributed by atoms with Crippen LogP contribution >= 0.6 is 0 Å². The molecule has 1 fully saturated rings. The second kappa shape index (κ2) is 10.5. The average molecular weight is 500 g/mol. The molecule has 0 radical (unpaired) electrons. The predicted molar refractivity (Wildman–Crippen MR) is 135 cm³/mol. The van der Waals surface area contributed by atoms with E-state index in [1.807, 2.05) is 13.8 Å². The minimum Gasteiger partial charge on any atom is -0.344 e. The van der Waals surface area contributed by atoms with Gasteiger partial charge in [-0.1, -0.05) is 0 Å². The number of carbonyl (C=O) groups excluding carboxylic acids is 4. The number of aromatic nitrogens is 1. The number of hydrogen-bond donors (Lipinski definition) is 3. The molecule has 1 aromatic carbocycles. The lowest BCUT2D eigenvalue weighted by atomic mass is 9.89. The van der Waals surface area contributed by atoms with Gasteiger partial charge in [0, 0.05) is 43.6 Å². The minimum atomic E-state index is -0.756. The molecule has 2 aromatic rings. The molecule has 9 nitrogen and oxygen atoms in total. The van der Waals surface area contributed by atoms with Crippen LogP contribution in [-0.2, 0) is 11.8 Å². The Balaban J connectivity index is 1.75. The molecule has 1 aromatic heterocycles. The molecule has 3 N–H and O–H groups in total. The molecular weight excluding hydrogens is 465 g/mol. The molecule has 1 aliphatic heterocycles. The maximum absolute atomic E-state index is 13.6. The van der Waals surface area contributed by atoms with E-state index in [1.165, 1.54) is 18.2 Å². The average Bonchev–Trinajstić information content (AvgIpc) is 3.04. The Morgan fingerprint density at radius 3 is 2.31 bits per heavy atom. The van der Waals surface area contributed by atoms with Crippen LogP contribution in [0.3, 0.4) is 0 Å². The quantitative estimate of drug-likeness (QED) is 0.418. The number of Topliss-reactive ketones (excluding diaryl/α,β-unsaturated/α-hetero) is 1. The number of hydrogen-bond acceptors (Lipinski definition) is 4. The lowest BCUT2D eigenvalue weighted by Gasteiger charge is -2.39. The van der Waals surface area contributed by atoms with Crippen molar-refractivity contribution in [2.24, 2.45) is 7.05 Å². The fourth-order valence-electron chi connectivity index (χ4n) is 4.58. The first-order valence-corrected chi connectivity index (χ1v) is 12.0. The maximum atomic E-state index is 13.6. The number of aryl methyl sites for hydroxylation is 1. The first-order chi connectivity index (χ1) is 16.9. The van der Waals surface area contributed by atoms with E-state index in [-0.39, 0.29) is 23.1 Å². The SMILES string of the molecule is CCNC(=O)N1CCC(C)(NC(=O)C(=O)c2c(C)c(C(=O)Nc3ccc(F)c(C)c3)c(C)n2C)CC1. The fraction of sp³-hybridized carbons (Fsp3) is 0.462. The van der Waals surface area contributed by atoms with Gasteiger partial charge >= 0.3 is 6.03 Å². The van der Waals surface area contributed by atoms with Gasteiger partial charge in [0.05, 0.1) is 11.3 Å².